The summed E-state index contributed by atoms with van der Waals surface area (Å²) in [6.07, 6.45) is 1.92. The molecule has 0 radical (unpaired) electrons. The first-order valence-electron chi connectivity index (χ1n) is 6.45. The molecule has 2 aromatic rings. The van der Waals surface area contributed by atoms with Crippen LogP contribution < -0.4 is 10.2 Å². The van der Waals surface area contributed by atoms with Gasteiger partial charge in [-0.2, -0.15) is 0 Å². The average molecular weight is 309 g/mol. The second kappa shape index (κ2) is 7.01. The largest absolute Gasteiger partial charge is 0.353 e. The molecule has 2 rings (SSSR count). The Morgan fingerprint density at radius 1 is 1.35 bits per heavy atom. The molecule has 0 aliphatic rings. The Balaban J connectivity index is 2.08. The molecule has 0 aliphatic carbocycles. The van der Waals surface area contributed by atoms with Gasteiger partial charge in [-0.1, -0.05) is 24.3 Å². The minimum absolute atomic E-state index is 0.860. The zero-order chi connectivity index (χ0) is 14.5. The summed E-state index contributed by atoms with van der Waals surface area (Å²) in [7, 11) is 3.93. The van der Waals surface area contributed by atoms with Crippen molar-refractivity contribution in [3.63, 3.8) is 0 Å². The van der Waals surface area contributed by atoms with Crippen molar-refractivity contribution in [2.24, 2.45) is 0 Å². The highest BCUT2D eigenvalue weighted by atomic mass is 32.2. The van der Waals surface area contributed by atoms with Gasteiger partial charge in [-0.05, 0) is 36.4 Å². The zero-order valence-corrected chi connectivity index (χ0v) is 13.8. The first-order valence-corrected chi connectivity index (χ1v) is 8.08. The third-order valence-corrected chi connectivity index (χ3v) is 4.89. The van der Waals surface area contributed by atoms with Crippen LogP contribution in [0.1, 0.15) is 18.1 Å². The van der Waals surface area contributed by atoms with Gasteiger partial charge in [-0.3, -0.25) is 0 Å². The SMILES string of the molecule is CCNCc1cnc(Sc2nnc(N(C)C)s2)c(C)c1. The van der Waals surface area contributed by atoms with Crippen molar-refractivity contribution in [1.82, 2.24) is 20.5 Å². The highest BCUT2D eigenvalue weighted by Gasteiger charge is 2.10. The van der Waals surface area contributed by atoms with Crippen LogP contribution in [0.15, 0.2) is 21.6 Å². The molecule has 5 nitrogen and oxygen atoms in total. The van der Waals surface area contributed by atoms with Crippen LogP contribution >= 0.6 is 23.1 Å². The minimum atomic E-state index is 0.860. The number of anilines is 1. The van der Waals surface area contributed by atoms with Crippen molar-refractivity contribution < 1.29 is 0 Å². The molecule has 1 N–H and O–H groups in total. The fourth-order valence-corrected chi connectivity index (χ4v) is 3.30. The lowest BCUT2D eigenvalue weighted by Crippen LogP contribution is -2.12. The first-order chi connectivity index (χ1) is 9.60. The van der Waals surface area contributed by atoms with Crippen LogP contribution in [-0.2, 0) is 6.54 Å². The van der Waals surface area contributed by atoms with E-state index in [1.165, 1.54) is 11.1 Å². The van der Waals surface area contributed by atoms with Crippen molar-refractivity contribution >= 4 is 28.2 Å². The lowest BCUT2D eigenvalue weighted by atomic mass is 10.2. The molecule has 20 heavy (non-hydrogen) atoms. The van der Waals surface area contributed by atoms with Gasteiger partial charge in [0.15, 0.2) is 4.34 Å². The molecule has 0 aliphatic heterocycles. The van der Waals surface area contributed by atoms with Crippen LogP contribution in [0.2, 0.25) is 0 Å². The van der Waals surface area contributed by atoms with Gasteiger partial charge in [-0.25, -0.2) is 4.98 Å². The molecular formula is C13H19N5S2. The predicted molar refractivity (Wildman–Crippen MR) is 84.7 cm³/mol. The summed E-state index contributed by atoms with van der Waals surface area (Å²) >= 11 is 3.15. The summed E-state index contributed by atoms with van der Waals surface area (Å²) in [4.78, 5) is 6.49. The van der Waals surface area contributed by atoms with E-state index in [1.54, 1.807) is 23.1 Å². The van der Waals surface area contributed by atoms with Crippen LogP contribution in [0.25, 0.3) is 0 Å². The number of aromatic nitrogens is 3. The maximum absolute atomic E-state index is 4.53. The molecule has 0 atom stereocenters. The summed E-state index contributed by atoms with van der Waals surface area (Å²) in [6, 6.07) is 2.17. The summed E-state index contributed by atoms with van der Waals surface area (Å²) in [6.45, 7) is 6.01. The lowest BCUT2D eigenvalue weighted by Gasteiger charge is -2.06. The molecule has 0 aromatic carbocycles. The molecule has 2 heterocycles. The molecule has 0 bridgehead atoms. The molecule has 0 saturated carbocycles. The standard InChI is InChI=1S/C13H19N5S2/c1-5-14-7-10-6-9(2)11(15-8-10)19-13-17-16-12(20-13)18(3)4/h6,8,14H,5,7H2,1-4H3. The van der Waals surface area contributed by atoms with E-state index in [0.717, 1.165) is 27.6 Å². The summed E-state index contributed by atoms with van der Waals surface area (Å²) in [5, 5.41) is 13.5. The van der Waals surface area contributed by atoms with Crippen LogP contribution in [0.5, 0.6) is 0 Å². The van der Waals surface area contributed by atoms with E-state index in [1.807, 2.05) is 25.2 Å². The molecular weight excluding hydrogens is 290 g/mol. The number of hydrogen-bond donors (Lipinski definition) is 1. The van der Waals surface area contributed by atoms with Crippen molar-refractivity contribution in [3.8, 4) is 0 Å². The maximum atomic E-state index is 4.53. The van der Waals surface area contributed by atoms with Crippen molar-refractivity contribution in [1.29, 1.82) is 0 Å². The molecule has 0 spiro atoms. The van der Waals surface area contributed by atoms with Gasteiger partial charge in [0, 0.05) is 26.8 Å². The Hall–Kier alpha value is -1.18. The van der Waals surface area contributed by atoms with Crippen LogP contribution in [0.4, 0.5) is 5.13 Å². The number of rotatable bonds is 6. The van der Waals surface area contributed by atoms with Gasteiger partial charge in [0.25, 0.3) is 0 Å². The fraction of sp³-hybridized carbons (Fsp3) is 0.462. The Kier molecular flexibility index (Phi) is 5.33. The Morgan fingerprint density at radius 3 is 2.75 bits per heavy atom. The smallest absolute Gasteiger partial charge is 0.208 e. The molecule has 2 aromatic heterocycles. The number of nitrogens with zero attached hydrogens (tertiary/aromatic N) is 4. The van der Waals surface area contributed by atoms with E-state index in [-0.39, 0.29) is 0 Å². The Bertz CT molecular complexity index is 568. The number of hydrogen-bond acceptors (Lipinski definition) is 7. The van der Waals surface area contributed by atoms with Gasteiger partial charge in [0.1, 0.15) is 5.03 Å². The van der Waals surface area contributed by atoms with Crippen LogP contribution in [-0.4, -0.2) is 35.8 Å². The molecule has 0 saturated heterocycles. The highest BCUT2D eigenvalue weighted by Crippen LogP contribution is 2.33. The van der Waals surface area contributed by atoms with E-state index < -0.39 is 0 Å². The molecule has 0 amide bonds. The third kappa shape index (κ3) is 3.91. The normalized spacial score (nSPS) is 10.8. The molecule has 7 heteroatoms. The molecule has 0 unspecified atom stereocenters. The monoisotopic (exact) mass is 309 g/mol. The fourth-order valence-electron chi connectivity index (χ4n) is 1.60. The second-order valence-electron chi connectivity index (χ2n) is 4.59. The van der Waals surface area contributed by atoms with E-state index >= 15 is 0 Å². The minimum Gasteiger partial charge on any atom is -0.353 e. The summed E-state index contributed by atoms with van der Waals surface area (Å²) in [5.41, 5.74) is 2.38. The number of nitrogens with one attached hydrogen (secondary N) is 1. The van der Waals surface area contributed by atoms with Gasteiger partial charge in [-0.15, -0.1) is 10.2 Å². The van der Waals surface area contributed by atoms with Crippen LogP contribution in [0, 0.1) is 6.92 Å². The quantitative estimate of drug-likeness (QED) is 0.885. The van der Waals surface area contributed by atoms with Crippen molar-refractivity contribution in [2.45, 2.75) is 29.8 Å². The number of pyridine rings is 1. The molecule has 108 valence electrons. The lowest BCUT2D eigenvalue weighted by molar-refractivity contribution is 0.721. The van der Waals surface area contributed by atoms with E-state index in [9.17, 15) is 0 Å². The van der Waals surface area contributed by atoms with Crippen molar-refractivity contribution in [3.05, 3.63) is 23.4 Å². The number of aryl methyl sites for hydroxylation is 1. The van der Waals surface area contributed by atoms with E-state index in [4.69, 9.17) is 0 Å². The van der Waals surface area contributed by atoms with Gasteiger partial charge >= 0.3 is 0 Å². The Morgan fingerprint density at radius 2 is 2.15 bits per heavy atom. The van der Waals surface area contributed by atoms with Gasteiger partial charge in [0.2, 0.25) is 5.13 Å². The average Bonchev–Trinajstić information content (AvgIpc) is 2.88. The Labute approximate surface area is 127 Å². The van der Waals surface area contributed by atoms with Gasteiger partial charge < -0.3 is 10.2 Å². The summed E-state index contributed by atoms with van der Waals surface area (Å²) in [5.74, 6) is 0. The third-order valence-electron chi connectivity index (χ3n) is 2.63. The second-order valence-corrected chi connectivity index (χ2v) is 6.78. The first kappa shape index (κ1) is 15.2. The van der Waals surface area contributed by atoms with Gasteiger partial charge in [0.05, 0.1) is 0 Å². The summed E-state index contributed by atoms with van der Waals surface area (Å²) < 4.78 is 0.920. The highest BCUT2D eigenvalue weighted by molar-refractivity contribution is 8.01. The van der Waals surface area contributed by atoms with Crippen LogP contribution in [0.3, 0.4) is 0 Å². The topological polar surface area (TPSA) is 53.9 Å². The van der Waals surface area contributed by atoms with E-state index in [2.05, 4.69) is 40.4 Å². The zero-order valence-electron chi connectivity index (χ0n) is 12.2. The van der Waals surface area contributed by atoms with E-state index in [0.29, 0.717) is 0 Å². The van der Waals surface area contributed by atoms with Crippen molar-refractivity contribution in [2.75, 3.05) is 25.5 Å². The predicted octanol–water partition coefficient (Wildman–Crippen LogP) is 2.57. The maximum Gasteiger partial charge on any atom is 0.208 e. The molecule has 0 fully saturated rings.